The molecule has 1 fully saturated rings. The van der Waals surface area contributed by atoms with Crippen LogP contribution in [0.1, 0.15) is 48.0 Å². The molecule has 0 spiro atoms. The molecule has 0 aliphatic heterocycles. The number of aryl methyl sites for hydroxylation is 2. The van der Waals surface area contributed by atoms with Gasteiger partial charge in [-0.05, 0) is 68.2 Å². The molecule has 1 aromatic carbocycles. The third-order valence-corrected chi connectivity index (χ3v) is 5.86. The van der Waals surface area contributed by atoms with Crippen LogP contribution in [0.15, 0.2) is 22.7 Å². The van der Waals surface area contributed by atoms with E-state index in [9.17, 15) is 5.11 Å². The molecule has 140 valence electrons. The van der Waals surface area contributed by atoms with Crippen molar-refractivity contribution in [1.82, 2.24) is 15.5 Å². The summed E-state index contributed by atoms with van der Waals surface area (Å²) in [6.45, 7) is 2.65. The Bertz CT molecular complexity index is 761. The number of nitrogens with zero attached hydrogens (tertiary/aromatic N) is 2. The molecular formula is C20H27N3O3. The van der Waals surface area contributed by atoms with E-state index < -0.39 is 0 Å². The molecular weight excluding hydrogens is 330 g/mol. The number of aromatic nitrogens is 2. The summed E-state index contributed by atoms with van der Waals surface area (Å²) in [5, 5.41) is 18.0. The van der Waals surface area contributed by atoms with Crippen molar-refractivity contribution < 1.29 is 14.4 Å². The smallest absolute Gasteiger partial charge is 0.229 e. The number of aliphatic hydroxyl groups excluding tert-OH is 1. The second-order valence-corrected chi connectivity index (χ2v) is 7.66. The number of nitrogens with one attached hydrogen (secondary N) is 1. The predicted molar refractivity (Wildman–Crippen MR) is 97.3 cm³/mol. The van der Waals surface area contributed by atoms with Gasteiger partial charge in [0.25, 0.3) is 0 Å². The number of hydrogen-bond donors (Lipinski definition) is 2. The number of fused-ring (bicyclic) bond motifs is 1. The minimum absolute atomic E-state index is 0.175. The Morgan fingerprint density at radius 2 is 2.19 bits per heavy atom. The Balaban J connectivity index is 1.33. The Hall–Kier alpha value is -1.92. The average Bonchev–Trinajstić information content (AvgIpc) is 3.25. The molecule has 0 saturated heterocycles. The fourth-order valence-corrected chi connectivity index (χ4v) is 4.36. The normalized spacial score (nSPS) is 28.1. The Labute approximate surface area is 153 Å². The number of aliphatic hydroxyl groups is 1. The minimum Gasteiger partial charge on any atom is -0.497 e. The molecule has 6 heteroatoms. The minimum atomic E-state index is -0.310. The summed E-state index contributed by atoms with van der Waals surface area (Å²) in [6, 6.07) is 6.83. The number of benzene rings is 1. The van der Waals surface area contributed by atoms with Gasteiger partial charge < -0.3 is 19.7 Å². The molecule has 2 aliphatic rings. The molecule has 0 radical (unpaired) electrons. The molecule has 1 saturated carbocycles. The van der Waals surface area contributed by atoms with Crippen LogP contribution in [-0.2, 0) is 12.8 Å². The lowest BCUT2D eigenvalue weighted by atomic mass is 9.88. The van der Waals surface area contributed by atoms with Gasteiger partial charge in [0, 0.05) is 18.5 Å². The summed E-state index contributed by atoms with van der Waals surface area (Å²) >= 11 is 0. The van der Waals surface area contributed by atoms with Crippen LogP contribution < -0.4 is 10.1 Å². The molecule has 1 aromatic heterocycles. The van der Waals surface area contributed by atoms with E-state index in [1.165, 1.54) is 11.1 Å². The zero-order chi connectivity index (χ0) is 18.1. The summed E-state index contributed by atoms with van der Waals surface area (Å²) in [7, 11) is 1.71. The second-order valence-electron chi connectivity index (χ2n) is 7.66. The van der Waals surface area contributed by atoms with Crippen LogP contribution in [0.2, 0.25) is 0 Å². The summed E-state index contributed by atoms with van der Waals surface area (Å²) in [5.74, 6) is 2.66. The van der Waals surface area contributed by atoms with Gasteiger partial charge in [0.2, 0.25) is 5.89 Å². The zero-order valence-electron chi connectivity index (χ0n) is 15.4. The van der Waals surface area contributed by atoms with E-state index in [1.807, 2.05) is 13.0 Å². The first-order chi connectivity index (χ1) is 12.6. The maximum atomic E-state index is 10.4. The lowest BCUT2D eigenvalue weighted by Crippen LogP contribution is -2.39. The molecule has 6 nitrogen and oxygen atoms in total. The molecule has 0 bridgehead atoms. The van der Waals surface area contributed by atoms with Crippen LogP contribution in [0, 0.1) is 12.8 Å². The van der Waals surface area contributed by atoms with Gasteiger partial charge in [-0.25, -0.2) is 0 Å². The van der Waals surface area contributed by atoms with E-state index in [0.717, 1.165) is 38.0 Å². The van der Waals surface area contributed by atoms with E-state index in [-0.39, 0.29) is 17.9 Å². The first-order valence-corrected chi connectivity index (χ1v) is 9.50. The van der Waals surface area contributed by atoms with E-state index in [1.54, 1.807) is 7.11 Å². The molecule has 4 rings (SSSR count). The summed E-state index contributed by atoms with van der Waals surface area (Å²) in [6.07, 6.45) is 4.53. The van der Waals surface area contributed by atoms with E-state index in [4.69, 9.17) is 9.26 Å². The maximum absolute atomic E-state index is 10.4. The van der Waals surface area contributed by atoms with Crippen LogP contribution in [0.4, 0.5) is 0 Å². The number of rotatable bonds is 5. The second kappa shape index (κ2) is 7.37. The fourth-order valence-electron chi connectivity index (χ4n) is 4.36. The van der Waals surface area contributed by atoms with Crippen molar-refractivity contribution in [3.05, 3.63) is 41.0 Å². The van der Waals surface area contributed by atoms with Gasteiger partial charge in [0.1, 0.15) is 5.75 Å². The van der Waals surface area contributed by atoms with E-state index >= 15 is 0 Å². The maximum Gasteiger partial charge on any atom is 0.229 e. The van der Waals surface area contributed by atoms with Crippen LogP contribution >= 0.6 is 0 Å². The molecule has 26 heavy (non-hydrogen) atoms. The highest BCUT2D eigenvalue weighted by atomic mass is 16.5. The monoisotopic (exact) mass is 357 g/mol. The van der Waals surface area contributed by atoms with Crippen molar-refractivity contribution in [1.29, 1.82) is 0 Å². The summed E-state index contributed by atoms with van der Waals surface area (Å²) in [4.78, 5) is 4.33. The Morgan fingerprint density at radius 3 is 2.96 bits per heavy atom. The van der Waals surface area contributed by atoms with Crippen molar-refractivity contribution >= 4 is 0 Å². The molecule has 0 amide bonds. The fraction of sp³-hybridized carbons (Fsp3) is 0.600. The lowest BCUT2D eigenvalue weighted by Gasteiger charge is -2.27. The van der Waals surface area contributed by atoms with Crippen molar-refractivity contribution in [2.45, 2.75) is 57.1 Å². The average molecular weight is 357 g/mol. The molecule has 1 heterocycles. The molecule has 2 aliphatic carbocycles. The van der Waals surface area contributed by atoms with Crippen LogP contribution in [0.25, 0.3) is 0 Å². The quantitative estimate of drug-likeness (QED) is 0.855. The number of methoxy groups -OCH3 is 1. The van der Waals surface area contributed by atoms with Gasteiger partial charge in [0.15, 0.2) is 5.82 Å². The van der Waals surface area contributed by atoms with Gasteiger partial charge in [-0.2, -0.15) is 4.98 Å². The number of ether oxygens (including phenoxy) is 1. The van der Waals surface area contributed by atoms with Gasteiger partial charge in [0.05, 0.1) is 13.2 Å². The first kappa shape index (κ1) is 17.5. The van der Waals surface area contributed by atoms with Gasteiger partial charge in [-0.15, -0.1) is 0 Å². The number of hydrogen-bond acceptors (Lipinski definition) is 6. The van der Waals surface area contributed by atoms with E-state index in [0.29, 0.717) is 24.2 Å². The summed E-state index contributed by atoms with van der Waals surface area (Å²) in [5.41, 5.74) is 2.80. The van der Waals surface area contributed by atoms with Gasteiger partial charge in [-0.3, -0.25) is 0 Å². The molecule has 2 N–H and O–H groups in total. The highest BCUT2D eigenvalue weighted by Gasteiger charge is 2.36. The standard InChI is InChI=1S/C20H27N3O3/c1-12-22-20(26-23-12)15-7-16(19(24)10-15)11-21-17-5-3-13-4-6-18(25-2)9-14(13)8-17/h4,6,9,15-17,19,21,24H,3,5,7-8,10-11H2,1-2H3/t15-,16+,17?,19+/m0/s1. The third-order valence-electron chi connectivity index (χ3n) is 5.86. The SMILES string of the molecule is COc1ccc2c(c1)CC(NC[C@H]1C[C@H](c3nc(C)no3)C[C@H]1O)CC2. The van der Waals surface area contributed by atoms with Crippen molar-refractivity contribution in [2.75, 3.05) is 13.7 Å². The van der Waals surface area contributed by atoms with Crippen LogP contribution in [-0.4, -0.2) is 41.0 Å². The first-order valence-electron chi connectivity index (χ1n) is 9.50. The lowest BCUT2D eigenvalue weighted by molar-refractivity contribution is 0.128. The topological polar surface area (TPSA) is 80.4 Å². The zero-order valence-corrected chi connectivity index (χ0v) is 15.4. The Morgan fingerprint density at radius 1 is 1.31 bits per heavy atom. The van der Waals surface area contributed by atoms with Gasteiger partial charge in [-0.1, -0.05) is 11.2 Å². The summed E-state index contributed by atoms with van der Waals surface area (Å²) < 4.78 is 10.6. The highest BCUT2D eigenvalue weighted by molar-refractivity contribution is 5.37. The highest BCUT2D eigenvalue weighted by Crippen LogP contribution is 2.37. The molecule has 1 unspecified atom stereocenters. The van der Waals surface area contributed by atoms with Crippen molar-refractivity contribution in [3.63, 3.8) is 0 Å². The van der Waals surface area contributed by atoms with E-state index in [2.05, 4.69) is 27.6 Å². The van der Waals surface area contributed by atoms with Crippen LogP contribution in [0.5, 0.6) is 5.75 Å². The third kappa shape index (κ3) is 3.62. The Kier molecular flexibility index (Phi) is 4.96. The predicted octanol–water partition coefficient (Wildman–Crippen LogP) is 2.39. The van der Waals surface area contributed by atoms with Crippen molar-refractivity contribution in [3.8, 4) is 5.75 Å². The largest absolute Gasteiger partial charge is 0.497 e. The van der Waals surface area contributed by atoms with Crippen molar-refractivity contribution in [2.24, 2.45) is 5.92 Å². The molecule has 2 aromatic rings. The van der Waals surface area contributed by atoms with Crippen LogP contribution in [0.3, 0.4) is 0 Å². The molecule has 4 atom stereocenters. The van der Waals surface area contributed by atoms with Gasteiger partial charge >= 0.3 is 0 Å².